The molecule has 0 spiro atoms. The first-order chi connectivity index (χ1) is 13.9. The van der Waals surface area contributed by atoms with Gasteiger partial charge in [-0.3, -0.25) is 4.84 Å². The first kappa shape index (κ1) is 21.5. The van der Waals surface area contributed by atoms with Crippen molar-refractivity contribution in [3.63, 3.8) is 0 Å². The maximum atomic E-state index is 14.4. The second-order valence-electron chi connectivity index (χ2n) is 7.25. The van der Waals surface area contributed by atoms with E-state index < -0.39 is 11.6 Å². The molecule has 1 unspecified atom stereocenters. The van der Waals surface area contributed by atoms with Gasteiger partial charge in [-0.15, -0.1) is 0 Å². The van der Waals surface area contributed by atoms with Crippen LogP contribution in [-0.2, 0) is 11.4 Å². The van der Waals surface area contributed by atoms with Crippen LogP contribution in [0.4, 0.5) is 14.5 Å². The third-order valence-electron chi connectivity index (χ3n) is 5.40. The smallest absolute Gasteiger partial charge is 0.163 e. The summed E-state index contributed by atoms with van der Waals surface area (Å²) in [6, 6.07) is 11.7. The number of halogens is 3. The number of hydrogen-bond donors (Lipinski definition) is 0. The minimum Gasteiger partial charge on any atom is -0.363 e. The van der Waals surface area contributed by atoms with Crippen molar-refractivity contribution in [2.24, 2.45) is 0 Å². The normalized spacial score (nSPS) is 18.3. The molecular formula is C22H24ClF2N3O. The SMILES string of the molecule is CCC(C)N1C[C@@H](N(Cc2cccc(F)c2F)c2ccc(C#N)c(Cl)c2)CCO1. The Morgan fingerprint density at radius 2 is 2.14 bits per heavy atom. The lowest BCUT2D eigenvalue weighted by Crippen LogP contribution is -2.51. The maximum Gasteiger partial charge on any atom is 0.163 e. The minimum atomic E-state index is -0.867. The number of benzene rings is 2. The number of nitriles is 1. The molecular weight excluding hydrogens is 396 g/mol. The number of anilines is 1. The summed E-state index contributed by atoms with van der Waals surface area (Å²) in [6.45, 7) is 5.55. The first-order valence-electron chi connectivity index (χ1n) is 9.73. The van der Waals surface area contributed by atoms with E-state index in [1.165, 1.54) is 6.07 Å². The Balaban J connectivity index is 1.96. The number of nitrogens with zero attached hydrogens (tertiary/aromatic N) is 3. The average Bonchev–Trinajstić information content (AvgIpc) is 2.74. The standard InChI is InChI=1S/C22H24ClF2N3O/c1-3-15(2)28-14-19(9-10-29-28)27(13-17-5-4-6-21(24)22(17)25)18-8-7-16(12-26)20(23)11-18/h4-8,11,15,19H,3,9-10,13-14H2,1-2H3/t15?,19-/m0/s1. The Hall–Kier alpha value is -2.20. The van der Waals surface area contributed by atoms with E-state index in [0.29, 0.717) is 23.7 Å². The zero-order valence-electron chi connectivity index (χ0n) is 16.5. The molecule has 154 valence electrons. The van der Waals surface area contributed by atoms with Gasteiger partial charge in [0.15, 0.2) is 11.6 Å². The molecule has 1 fully saturated rings. The van der Waals surface area contributed by atoms with Crippen molar-refractivity contribution in [1.29, 1.82) is 5.26 Å². The van der Waals surface area contributed by atoms with E-state index in [0.717, 1.165) is 24.6 Å². The largest absolute Gasteiger partial charge is 0.363 e. The molecule has 0 amide bonds. The highest BCUT2D eigenvalue weighted by Crippen LogP contribution is 2.30. The third-order valence-corrected chi connectivity index (χ3v) is 5.71. The van der Waals surface area contributed by atoms with Gasteiger partial charge in [-0.25, -0.2) is 8.78 Å². The van der Waals surface area contributed by atoms with Crippen molar-refractivity contribution < 1.29 is 13.6 Å². The molecule has 1 saturated heterocycles. The van der Waals surface area contributed by atoms with E-state index in [1.54, 1.807) is 24.3 Å². The second kappa shape index (κ2) is 9.53. The highest BCUT2D eigenvalue weighted by atomic mass is 35.5. The number of hydrogen-bond acceptors (Lipinski definition) is 4. The van der Waals surface area contributed by atoms with Gasteiger partial charge in [0, 0.05) is 36.4 Å². The predicted octanol–water partition coefficient (Wildman–Crippen LogP) is 5.30. The molecule has 4 nitrogen and oxygen atoms in total. The highest BCUT2D eigenvalue weighted by molar-refractivity contribution is 6.32. The van der Waals surface area contributed by atoms with Crippen molar-refractivity contribution in [2.45, 2.75) is 45.3 Å². The van der Waals surface area contributed by atoms with Gasteiger partial charge in [0.2, 0.25) is 0 Å². The highest BCUT2D eigenvalue weighted by Gasteiger charge is 2.29. The first-order valence-corrected chi connectivity index (χ1v) is 10.1. The van der Waals surface area contributed by atoms with Gasteiger partial charge in [0.05, 0.1) is 17.2 Å². The molecule has 0 bridgehead atoms. The quantitative estimate of drug-likeness (QED) is 0.636. The van der Waals surface area contributed by atoms with Gasteiger partial charge in [0.25, 0.3) is 0 Å². The van der Waals surface area contributed by atoms with E-state index in [4.69, 9.17) is 21.7 Å². The lowest BCUT2D eigenvalue weighted by Gasteiger charge is -2.42. The predicted molar refractivity (Wildman–Crippen MR) is 110 cm³/mol. The Bertz CT molecular complexity index is 902. The van der Waals surface area contributed by atoms with Crippen LogP contribution in [-0.4, -0.2) is 30.3 Å². The summed E-state index contributed by atoms with van der Waals surface area (Å²) in [7, 11) is 0. The molecule has 1 heterocycles. The van der Waals surface area contributed by atoms with Gasteiger partial charge in [-0.2, -0.15) is 10.3 Å². The van der Waals surface area contributed by atoms with Crippen molar-refractivity contribution in [1.82, 2.24) is 5.06 Å². The summed E-state index contributed by atoms with van der Waals surface area (Å²) in [5.74, 6) is -1.71. The molecule has 2 aromatic carbocycles. The second-order valence-corrected chi connectivity index (χ2v) is 7.66. The fourth-order valence-electron chi connectivity index (χ4n) is 3.48. The number of hydroxylamine groups is 2. The monoisotopic (exact) mass is 419 g/mol. The minimum absolute atomic E-state index is 0.0180. The molecule has 0 saturated carbocycles. The van der Waals surface area contributed by atoms with E-state index in [2.05, 4.69) is 13.8 Å². The topological polar surface area (TPSA) is 39.5 Å². The van der Waals surface area contributed by atoms with Crippen LogP contribution < -0.4 is 4.90 Å². The Kier molecular flexibility index (Phi) is 7.07. The molecule has 2 atom stereocenters. The van der Waals surface area contributed by atoms with Crippen LogP contribution in [0.3, 0.4) is 0 Å². The molecule has 1 aliphatic rings. The Labute approximate surface area is 175 Å². The van der Waals surface area contributed by atoms with Gasteiger partial charge >= 0.3 is 0 Å². The Morgan fingerprint density at radius 1 is 1.34 bits per heavy atom. The van der Waals surface area contributed by atoms with Crippen molar-refractivity contribution in [3.05, 3.63) is 64.2 Å². The summed E-state index contributed by atoms with van der Waals surface area (Å²) in [5, 5.41) is 11.4. The molecule has 29 heavy (non-hydrogen) atoms. The summed E-state index contributed by atoms with van der Waals surface area (Å²) in [6.07, 6.45) is 1.68. The van der Waals surface area contributed by atoms with E-state index in [-0.39, 0.29) is 24.2 Å². The fourth-order valence-corrected chi connectivity index (χ4v) is 3.70. The summed E-state index contributed by atoms with van der Waals surface area (Å²) in [5.41, 5.74) is 1.40. The number of rotatable bonds is 6. The summed E-state index contributed by atoms with van der Waals surface area (Å²) in [4.78, 5) is 7.82. The van der Waals surface area contributed by atoms with Crippen LogP contribution in [0.1, 0.15) is 37.8 Å². The molecule has 0 N–H and O–H groups in total. The van der Waals surface area contributed by atoms with Gasteiger partial charge in [-0.05, 0) is 44.0 Å². The van der Waals surface area contributed by atoms with E-state index in [1.807, 2.05) is 16.0 Å². The lowest BCUT2D eigenvalue weighted by molar-refractivity contribution is -0.207. The molecule has 0 aromatic heterocycles. The zero-order valence-corrected chi connectivity index (χ0v) is 17.3. The van der Waals surface area contributed by atoms with E-state index in [9.17, 15) is 8.78 Å². The van der Waals surface area contributed by atoms with Crippen LogP contribution in [0.15, 0.2) is 36.4 Å². The van der Waals surface area contributed by atoms with Crippen molar-refractivity contribution in [3.8, 4) is 6.07 Å². The molecule has 7 heteroatoms. The molecule has 2 aromatic rings. The molecule has 1 aliphatic heterocycles. The third kappa shape index (κ3) is 4.87. The maximum absolute atomic E-state index is 14.4. The molecule has 3 rings (SSSR count). The van der Waals surface area contributed by atoms with Crippen LogP contribution in [0.2, 0.25) is 5.02 Å². The Morgan fingerprint density at radius 3 is 2.83 bits per heavy atom. The van der Waals surface area contributed by atoms with Crippen molar-refractivity contribution in [2.75, 3.05) is 18.1 Å². The average molecular weight is 420 g/mol. The summed E-state index contributed by atoms with van der Waals surface area (Å²) >= 11 is 6.26. The van der Waals surface area contributed by atoms with Crippen molar-refractivity contribution >= 4 is 17.3 Å². The van der Waals surface area contributed by atoms with Crippen LogP contribution in [0.5, 0.6) is 0 Å². The summed E-state index contributed by atoms with van der Waals surface area (Å²) < 4.78 is 28.2. The van der Waals surface area contributed by atoms with Crippen LogP contribution in [0.25, 0.3) is 0 Å². The van der Waals surface area contributed by atoms with Gasteiger partial charge in [0.1, 0.15) is 6.07 Å². The van der Waals surface area contributed by atoms with Gasteiger partial charge < -0.3 is 4.90 Å². The molecule has 0 aliphatic carbocycles. The fraction of sp³-hybridized carbons (Fsp3) is 0.409. The lowest BCUT2D eigenvalue weighted by atomic mass is 10.1. The van der Waals surface area contributed by atoms with Crippen LogP contribution >= 0.6 is 11.6 Å². The zero-order chi connectivity index (χ0) is 21.0. The van der Waals surface area contributed by atoms with Gasteiger partial charge in [-0.1, -0.05) is 30.7 Å². The van der Waals surface area contributed by atoms with E-state index >= 15 is 0 Å². The van der Waals surface area contributed by atoms with Crippen LogP contribution in [0, 0.1) is 23.0 Å². The molecule has 0 radical (unpaired) electrons.